The highest BCUT2D eigenvalue weighted by molar-refractivity contribution is 7.99. The number of aromatic nitrogens is 3. The molecule has 0 atom stereocenters. The van der Waals surface area contributed by atoms with Gasteiger partial charge in [0, 0.05) is 23.7 Å². The van der Waals surface area contributed by atoms with E-state index in [2.05, 4.69) is 10.3 Å². The number of amides is 1. The molecule has 10 heteroatoms. The number of halogens is 1. The monoisotopic (exact) mass is 498 g/mol. The Balaban J connectivity index is 1.42. The van der Waals surface area contributed by atoms with E-state index in [1.165, 1.54) is 22.8 Å². The Morgan fingerprint density at radius 2 is 1.74 bits per heavy atom. The van der Waals surface area contributed by atoms with Crippen molar-refractivity contribution in [3.8, 4) is 5.75 Å². The largest absolute Gasteiger partial charge is 0.508 e. The van der Waals surface area contributed by atoms with Gasteiger partial charge < -0.3 is 10.4 Å². The van der Waals surface area contributed by atoms with Gasteiger partial charge in [0.2, 0.25) is 0 Å². The van der Waals surface area contributed by atoms with Gasteiger partial charge in [0.25, 0.3) is 11.5 Å². The Morgan fingerprint density at radius 3 is 2.46 bits per heavy atom. The number of aromatic hydroxyl groups is 1. The van der Waals surface area contributed by atoms with Crippen molar-refractivity contribution >= 4 is 28.7 Å². The third kappa shape index (κ3) is 4.71. The lowest BCUT2D eigenvalue weighted by atomic mass is 9.90. The second-order valence-corrected chi connectivity index (χ2v) is 10.4. The highest BCUT2D eigenvalue weighted by atomic mass is 32.2. The summed E-state index contributed by atoms with van der Waals surface area (Å²) in [6, 6.07) is 6.83. The average Bonchev–Trinajstić information content (AvgIpc) is 2.86. The summed E-state index contributed by atoms with van der Waals surface area (Å²) in [4.78, 5) is 43.7. The molecule has 3 heterocycles. The zero-order chi connectivity index (χ0) is 24.5. The molecule has 1 saturated carbocycles. The van der Waals surface area contributed by atoms with Crippen molar-refractivity contribution in [3.05, 3.63) is 68.7 Å². The molecule has 1 aromatic carbocycles. The van der Waals surface area contributed by atoms with Crippen molar-refractivity contribution in [3.63, 3.8) is 0 Å². The van der Waals surface area contributed by atoms with Crippen molar-refractivity contribution in [2.24, 2.45) is 0 Å². The van der Waals surface area contributed by atoms with Crippen molar-refractivity contribution in [2.75, 3.05) is 11.5 Å². The van der Waals surface area contributed by atoms with E-state index in [4.69, 9.17) is 0 Å². The first kappa shape index (κ1) is 23.6. The van der Waals surface area contributed by atoms with Gasteiger partial charge in [0.1, 0.15) is 17.2 Å². The van der Waals surface area contributed by atoms with Crippen LogP contribution in [0, 0.1) is 5.82 Å². The molecule has 1 saturated heterocycles. The molecule has 1 aliphatic heterocycles. The summed E-state index contributed by atoms with van der Waals surface area (Å²) >= 11 is 1.83. The number of thioether (sulfide) groups is 1. The van der Waals surface area contributed by atoms with Crippen molar-refractivity contribution in [2.45, 2.75) is 56.7 Å². The van der Waals surface area contributed by atoms with Crippen LogP contribution in [0.2, 0.25) is 0 Å². The number of nitrogens with one attached hydrogen (secondary N) is 1. The van der Waals surface area contributed by atoms with E-state index < -0.39 is 11.4 Å². The van der Waals surface area contributed by atoms with Gasteiger partial charge in [-0.25, -0.2) is 14.2 Å². The second kappa shape index (κ2) is 9.85. The smallest absolute Gasteiger partial charge is 0.333 e. The number of rotatable bonds is 4. The topological polar surface area (TPSA) is 106 Å². The summed E-state index contributed by atoms with van der Waals surface area (Å²) in [6.45, 7) is 0. The van der Waals surface area contributed by atoms with Crippen LogP contribution in [0.4, 0.5) is 4.39 Å². The minimum atomic E-state index is -0.607. The molecule has 1 amide bonds. The van der Waals surface area contributed by atoms with Crippen LogP contribution in [0.5, 0.6) is 5.75 Å². The molecule has 0 unspecified atom stereocenters. The number of phenols is 1. The first-order valence-electron chi connectivity index (χ1n) is 11.9. The van der Waals surface area contributed by atoms with Crippen molar-refractivity contribution in [1.29, 1.82) is 0 Å². The van der Waals surface area contributed by atoms with Crippen LogP contribution >= 0.6 is 11.8 Å². The highest BCUT2D eigenvalue weighted by Gasteiger charge is 2.29. The van der Waals surface area contributed by atoms with Crippen LogP contribution in [0.25, 0.3) is 11.0 Å². The summed E-state index contributed by atoms with van der Waals surface area (Å²) in [5, 5.41) is 12.7. The average molecular weight is 499 g/mol. The van der Waals surface area contributed by atoms with Gasteiger partial charge in [-0.2, -0.15) is 11.8 Å². The SMILES string of the molecule is O=C(N[C@H]1CC[C@@H](n2c(=O)c3cc(F)cnc3n(C3CCSCC3)c2=O)CC1)c1cccc(O)c1. The summed E-state index contributed by atoms with van der Waals surface area (Å²) in [7, 11) is 0. The van der Waals surface area contributed by atoms with E-state index >= 15 is 0 Å². The van der Waals surface area contributed by atoms with Crippen molar-refractivity contribution < 1.29 is 14.3 Å². The fraction of sp³-hybridized carbons (Fsp3) is 0.440. The Bertz CT molecular complexity index is 1370. The maximum absolute atomic E-state index is 14.0. The molecule has 3 aromatic rings. The lowest BCUT2D eigenvalue weighted by molar-refractivity contribution is 0.0921. The Kier molecular flexibility index (Phi) is 6.64. The zero-order valence-corrected chi connectivity index (χ0v) is 20.0. The van der Waals surface area contributed by atoms with E-state index in [1.807, 2.05) is 11.8 Å². The standard InChI is InChI=1S/C25H27FN4O4S/c26-16-13-21-22(27-14-16)29(19-8-10-35-11-9-19)25(34)30(24(21)33)18-6-4-17(5-7-18)28-23(32)15-2-1-3-20(31)12-15/h1-3,12-14,17-19,31H,4-11H2,(H,28,32)/t17-,18+. The number of nitrogens with zero attached hydrogens (tertiary/aromatic N) is 3. The summed E-state index contributed by atoms with van der Waals surface area (Å²) < 4.78 is 16.9. The molecule has 0 bridgehead atoms. The van der Waals surface area contributed by atoms with E-state index in [-0.39, 0.29) is 46.5 Å². The van der Waals surface area contributed by atoms with Crippen molar-refractivity contribution in [1.82, 2.24) is 19.4 Å². The maximum atomic E-state index is 14.0. The molecule has 184 valence electrons. The molecular weight excluding hydrogens is 471 g/mol. The number of benzene rings is 1. The maximum Gasteiger partial charge on any atom is 0.333 e. The van der Waals surface area contributed by atoms with Crippen LogP contribution in [0.1, 0.15) is 61.0 Å². The highest BCUT2D eigenvalue weighted by Crippen LogP contribution is 2.30. The normalized spacial score (nSPS) is 21.2. The Labute approximate surface area is 205 Å². The Hall–Kier alpha value is -3.14. The van der Waals surface area contributed by atoms with E-state index in [0.29, 0.717) is 31.2 Å². The van der Waals surface area contributed by atoms with Crippen LogP contribution in [-0.2, 0) is 0 Å². The van der Waals surface area contributed by atoms with Crippen LogP contribution in [0.15, 0.2) is 46.1 Å². The van der Waals surface area contributed by atoms with Crippen LogP contribution in [-0.4, -0.2) is 42.7 Å². The fourth-order valence-corrected chi connectivity index (χ4v) is 6.28. The third-order valence-corrected chi connectivity index (χ3v) is 8.03. The number of fused-ring (bicyclic) bond motifs is 1. The molecule has 2 fully saturated rings. The predicted octanol–water partition coefficient (Wildman–Crippen LogP) is 3.38. The van der Waals surface area contributed by atoms with Gasteiger partial charge >= 0.3 is 5.69 Å². The Morgan fingerprint density at radius 1 is 1.03 bits per heavy atom. The summed E-state index contributed by atoms with van der Waals surface area (Å²) in [6.07, 6.45) is 4.92. The minimum Gasteiger partial charge on any atom is -0.508 e. The first-order valence-corrected chi connectivity index (χ1v) is 13.1. The van der Waals surface area contributed by atoms with Gasteiger partial charge in [-0.3, -0.25) is 18.7 Å². The molecule has 0 spiro atoms. The second-order valence-electron chi connectivity index (χ2n) is 9.23. The van der Waals surface area contributed by atoms with Gasteiger partial charge in [-0.05, 0) is 74.3 Å². The van der Waals surface area contributed by atoms with Gasteiger partial charge in [0.05, 0.1) is 11.6 Å². The molecule has 5 rings (SSSR count). The number of carbonyl (C=O) groups is 1. The molecule has 1 aliphatic carbocycles. The van der Waals surface area contributed by atoms with E-state index in [1.54, 1.807) is 16.7 Å². The van der Waals surface area contributed by atoms with Crippen LogP contribution in [0.3, 0.4) is 0 Å². The minimum absolute atomic E-state index is 0.0239. The van der Waals surface area contributed by atoms with E-state index in [0.717, 1.165) is 30.5 Å². The number of hydrogen-bond acceptors (Lipinski definition) is 6. The first-order chi connectivity index (χ1) is 16.9. The van der Waals surface area contributed by atoms with Crippen LogP contribution < -0.4 is 16.6 Å². The molecule has 2 aromatic heterocycles. The van der Waals surface area contributed by atoms with Gasteiger partial charge in [0.15, 0.2) is 0 Å². The van der Waals surface area contributed by atoms with E-state index in [9.17, 15) is 23.9 Å². The molecule has 2 aliphatic rings. The lowest BCUT2D eigenvalue weighted by Crippen LogP contribution is -2.46. The zero-order valence-electron chi connectivity index (χ0n) is 19.2. The number of carbonyl (C=O) groups excluding carboxylic acids is 1. The van der Waals surface area contributed by atoms with Gasteiger partial charge in [-0.15, -0.1) is 0 Å². The number of phenolic OH excluding ortho intramolecular Hbond substituents is 1. The molecular formula is C25H27FN4O4S. The predicted molar refractivity (Wildman–Crippen MR) is 133 cm³/mol. The number of hydrogen-bond donors (Lipinski definition) is 2. The summed E-state index contributed by atoms with van der Waals surface area (Å²) in [5.41, 5.74) is -0.265. The summed E-state index contributed by atoms with van der Waals surface area (Å²) in [5.74, 6) is 0.984. The molecule has 8 nitrogen and oxygen atoms in total. The quantitative estimate of drug-likeness (QED) is 0.571. The fourth-order valence-electron chi connectivity index (χ4n) is 5.19. The lowest BCUT2D eigenvalue weighted by Gasteiger charge is -2.31. The molecule has 35 heavy (non-hydrogen) atoms. The number of pyridine rings is 1. The van der Waals surface area contributed by atoms with Gasteiger partial charge in [-0.1, -0.05) is 6.07 Å². The molecule has 0 radical (unpaired) electrons. The third-order valence-electron chi connectivity index (χ3n) is 6.98. The molecule has 2 N–H and O–H groups in total.